The van der Waals surface area contributed by atoms with Crippen molar-refractivity contribution in [2.45, 2.75) is 32.0 Å². The third-order valence-corrected chi connectivity index (χ3v) is 6.85. The van der Waals surface area contributed by atoms with Gasteiger partial charge in [-0.15, -0.1) is 0 Å². The zero-order chi connectivity index (χ0) is 26.2. The predicted octanol–water partition coefficient (Wildman–Crippen LogP) is 4.37. The van der Waals surface area contributed by atoms with Gasteiger partial charge in [-0.05, 0) is 41.8 Å². The Morgan fingerprint density at radius 2 is 1.95 bits per heavy atom. The van der Waals surface area contributed by atoms with Crippen molar-refractivity contribution in [2.75, 3.05) is 5.32 Å². The molecule has 3 heterocycles. The van der Waals surface area contributed by atoms with E-state index in [0.717, 1.165) is 33.5 Å². The summed E-state index contributed by atoms with van der Waals surface area (Å²) in [6.45, 7) is 4.73. The van der Waals surface area contributed by atoms with Crippen LogP contribution in [0.15, 0.2) is 67.2 Å². The van der Waals surface area contributed by atoms with Gasteiger partial charge in [-0.2, -0.15) is 0 Å². The van der Waals surface area contributed by atoms with Crippen LogP contribution in [0.25, 0.3) is 17.1 Å². The molecular weight excluding hydrogens is 482 g/mol. The van der Waals surface area contributed by atoms with Gasteiger partial charge >= 0.3 is 0 Å². The Kier molecular flexibility index (Phi) is 5.88. The molecule has 3 N–H and O–H groups in total. The second-order valence-electron chi connectivity index (χ2n) is 9.36. The van der Waals surface area contributed by atoms with Gasteiger partial charge < -0.3 is 19.9 Å². The van der Waals surface area contributed by atoms with Crippen LogP contribution in [0.4, 0.5) is 5.95 Å². The van der Waals surface area contributed by atoms with Crippen molar-refractivity contribution >= 4 is 40.8 Å². The molecule has 2 aliphatic rings. The van der Waals surface area contributed by atoms with Crippen molar-refractivity contribution in [3.8, 4) is 11.5 Å². The Morgan fingerprint density at radius 3 is 2.74 bits per heavy atom. The Labute approximate surface area is 218 Å². The van der Waals surface area contributed by atoms with Gasteiger partial charge in [0, 0.05) is 36.7 Å². The molecule has 1 aromatic heterocycles. The van der Waals surface area contributed by atoms with Crippen molar-refractivity contribution < 1.29 is 19.1 Å². The van der Waals surface area contributed by atoms with Gasteiger partial charge in [-0.1, -0.05) is 43.0 Å². The number of anilines is 1. The van der Waals surface area contributed by atoms with Gasteiger partial charge in [-0.25, -0.2) is 4.98 Å². The highest BCUT2D eigenvalue weighted by Crippen LogP contribution is 2.31. The average Bonchev–Trinajstić information content (AvgIpc) is 3.47. The lowest BCUT2D eigenvalue weighted by atomic mass is 10.0. The van der Waals surface area contributed by atoms with Crippen molar-refractivity contribution in [3.05, 3.63) is 89.5 Å². The zero-order valence-electron chi connectivity index (χ0n) is 20.5. The molecule has 9 heteroatoms. The highest BCUT2D eigenvalue weighted by atomic mass is 16.5. The number of ether oxygens (including phenoxy) is 1. The number of H-pyrrole nitrogens is 1. The van der Waals surface area contributed by atoms with Gasteiger partial charge in [0.2, 0.25) is 17.8 Å². The number of amides is 3. The number of imidazole rings is 1. The van der Waals surface area contributed by atoms with Gasteiger partial charge in [0.25, 0.3) is 5.91 Å². The van der Waals surface area contributed by atoms with Crippen molar-refractivity contribution in [2.24, 2.45) is 0 Å². The van der Waals surface area contributed by atoms with Crippen LogP contribution in [0.2, 0.25) is 0 Å². The van der Waals surface area contributed by atoms with E-state index in [1.807, 2.05) is 54.6 Å². The topological polar surface area (TPSA) is 116 Å². The number of carbonyl (C=O) groups is 3. The summed E-state index contributed by atoms with van der Waals surface area (Å²) in [5.74, 6) is 1.13. The molecule has 2 aliphatic heterocycles. The minimum Gasteiger partial charge on any atom is -0.457 e. The van der Waals surface area contributed by atoms with Gasteiger partial charge in [0.05, 0.1) is 11.0 Å². The van der Waals surface area contributed by atoms with Crippen LogP contribution in [0.5, 0.6) is 11.5 Å². The number of carbonyl (C=O) groups excluding carboxylic acids is 3. The normalized spacial score (nSPS) is 16.9. The largest absolute Gasteiger partial charge is 0.457 e. The maximum absolute atomic E-state index is 12.9. The van der Waals surface area contributed by atoms with Gasteiger partial charge in [0.15, 0.2) is 0 Å². The number of benzene rings is 3. The number of para-hydroxylation sites is 1. The summed E-state index contributed by atoms with van der Waals surface area (Å²) < 4.78 is 6.05. The van der Waals surface area contributed by atoms with Crippen LogP contribution in [0.3, 0.4) is 0 Å². The number of hydrogen-bond donors (Lipinski definition) is 3. The Hall–Kier alpha value is -4.92. The minimum absolute atomic E-state index is 0.183. The molecule has 0 aliphatic carbocycles. The molecular formula is C29H25N5O4. The van der Waals surface area contributed by atoms with E-state index >= 15 is 0 Å². The summed E-state index contributed by atoms with van der Waals surface area (Å²) in [5.41, 5.74) is 4.86. The quantitative estimate of drug-likeness (QED) is 0.320. The summed E-state index contributed by atoms with van der Waals surface area (Å²) in [7, 11) is 0. The highest BCUT2D eigenvalue weighted by molar-refractivity contribution is 6.05. The summed E-state index contributed by atoms with van der Waals surface area (Å²) in [5, 5.41) is 5.64. The summed E-state index contributed by atoms with van der Waals surface area (Å²) in [4.78, 5) is 46.2. The van der Waals surface area contributed by atoms with Crippen LogP contribution in [0.1, 0.15) is 39.9 Å². The third-order valence-electron chi connectivity index (χ3n) is 6.85. The van der Waals surface area contributed by atoms with Crippen LogP contribution >= 0.6 is 0 Å². The first-order valence-corrected chi connectivity index (χ1v) is 12.4. The molecule has 3 amide bonds. The van der Waals surface area contributed by atoms with E-state index in [-0.39, 0.29) is 18.2 Å². The average molecular weight is 508 g/mol. The van der Waals surface area contributed by atoms with E-state index < -0.39 is 11.9 Å². The molecule has 1 unspecified atom stereocenters. The lowest BCUT2D eigenvalue weighted by molar-refractivity contribution is -0.136. The second kappa shape index (κ2) is 9.51. The fourth-order valence-electron chi connectivity index (χ4n) is 4.92. The van der Waals surface area contributed by atoms with E-state index in [9.17, 15) is 14.4 Å². The first kappa shape index (κ1) is 23.5. The third kappa shape index (κ3) is 4.39. The molecule has 3 aromatic carbocycles. The summed E-state index contributed by atoms with van der Waals surface area (Å²) in [6.07, 6.45) is 2.32. The first-order chi connectivity index (χ1) is 18.5. The SMILES string of the molecule is C=Cc1cc2nc(NCc3ccc4c(c3)CN(C3CCC(=O)NC3=O)C4=O)[nH]c2cc1Oc1ccccc1. The van der Waals surface area contributed by atoms with E-state index in [4.69, 9.17) is 4.74 Å². The molecule has 1 atom stereocenters. The van der Waals surface area contributed by atoms with Gasteiger partial charge in [0.1, 0.15) is 17.5 Å². The van der Waals surface area contributed by atoms with E-state index in [1.165, 1.54) is 0 Å². The molecule has 0 saturated carbocycles. The monoisotopic (exact) mass is 507 g/mol. The van der Waals surface area contributed by atoms with E-state index in [0.29, 0.717) is 36.8 Å². The molecule has 1 saturated heterocycles. The fourth-order valence-corrected chi connectivity index (χ4v) is 4.92. The number of aromatic nitrogens is 2. The van der Waals surface area contributed by atoms with Crippen molar-refractivity contribution in [3.63, 3.8) is 0 Å². The molecule has 1 fully saturated rings. The zero-order valence-corrected chi connectivity index (χ0v) is 20.5. The number of nitrogens with one attached hydrogen (secondary N) is 3. The Balaban J connectivity index is 1.16. The number of piperidine rings is 1. The van der Waals surface area contributed by atoms with Crippen LogP contribution in [-0.2, 0) is 22.7 Å². The van der Waals surface area contributed by atoms with E-state index in [1.54, 1.807) is 17.0 Å². The molecule has 4 aromatic rings. The molecule has 0 bridgehead atoms. The Bertz CT molecular complexity index is 1590. The van der Waals surface area contributed by atoms with Crippen molar-refractivity contribution in [1.29, 1.82) is 0 Å². The minimum atomic E-state index is -0.624. The maximum Gasteiger partial charge on any atom is 0.255 e. The first-order valence-electron chi connectivity index (χ1n) is 12.4. The maximum atomic E-state index is 12.9. The second-order valence-corrected chi connectivity index (χ2v) is 9.36. The summed E-state index contributed by atoms with van der Waals surface area (Å²) >= 11 is 0. The number of imide groups is 1. The lowest BCUT2D eigenvalue weighted by Crippen LogP contribution is -2.52. The molecule has 190 valence electrons. The number of rotatable bonds is 7. The van der Waals surface area contributed by atoms with E-state index in [2.05, 4.69) is 27.2 Å². The van der Waals surface area contributed by atoms with Crippen molar-refractivity contribution in [1.82, 2.24) is 20.2 Å². The molecule has 38 heavy (non-hydrogen) atoms. The molecule has 0 radical (unpaired) electrons. The lowest BCUT2D eigenvalue weighted by Gasteiger charge is -2.29. The number of aromatic amines is 1. The number of nitrogens with zero attached hydrogens (tertiary/aromatic N) is 2. The fraction of sp³-hybridized carbons (Fsp3) is 0.172. The highest BCUT2D eigenvalue weighted by Gasteiger charge is 2.39. The van der Waals surface area contributed by atoms with Crippen LogP contribution in [-0.4, -0.2) is 38.6 Å². The molecule has 9 nitrogen and oxygen atoms in total. The standard InChI is InChI=1S/C29H25N5O4/c1-2-18-13-22-23(14-25(18)38-20-6-4-3-5-7-20)32-29(31-22)30-15-17-8-9-21-19(12-17)16-34(28(21)37)24-10-11-26(35)33-27(24)36/h2-9,12-14,24H,1,10-11,15-16H2,(H2,30,31,32)(H,33,35,36). The smallest absolute Gasteiger partial charge is 0.255 e. The van der Waals surface area contributed by atoms with Gasteiger partial charge in [-0.3, -0.25) is 19.7 Å². The number of fused-ring (bicyclic) bond motifs is 2. The van der Waals surface area contributed by atoms with Crippen LogP contribution < -0.4 is 15.4 Å². The summed E-state index contributed by atoms with van der Waals surface area (Å²) in [6, 6.07) is 18.4. The molecule has 6 rings (SSSR count). The Morgan fingerprint density at radius 1 is 1.11 bits per heavy atom. The van der Waals surface area contributed by atoms with Crippen LogP contribution in [0, 0.1) is 0 Å². The molecule has 0 spiro atoms. The number of hydrogen-bond acceptors (Lipinski definition) is 6. The predicted molar refractivity (Wildman–Crippen MR) is 143 cm³/mol.